The normalized spacial score (nSPS) is 20.8. The van der Waals surface area contributed by atoms with E-state index in [4.69, 9.17) is 11.6 Å². The van der Waals surface area contributed by atoms with Crippen LogP contribution in [0.3, 0.4) is 0 Å². The Kier molecular flexibility index (Phi) is 4.54. The second-order valence-corrected chi connectivity index (χ2v) is 7.32. The number of halogens is 4. The van der Waals surface area contributed by atoms with Crippen LogP contribution >= 0.6 is 11.6 Å². The number of rotatable bonds is 2. The number of nitrogens with zero attached hydrogens (tertiary/aromatic N) is 2. The van der Waals surface area contributed by atoms with Crippen molar-refractivity contribution in [2.24, 2.45) is 5.92 Å². The average Bonchev–Trinajstić information content (AvgIpc) is 3.45. The van der Waals surface area contributed by atoms with E-state index in [2.05, 4.69) is 22.1 Å². The van der Waals surface area contributed by atoms with Gasteiger partial charge in [-0.1, -0.05) is 35.6 Å². The summed E-state index contributed by atoms with van der Waals surface area (Å²) in [5.74, 6) is 4.83. The minimum absolute atomic E-state index is 0.0105. The van der Waals surface area contributed by atoms with Crippen LogP contribution in [-0.4, -0.2) is 21.8 Å². The molecule has 150 valence electrons. The third-order valence-corrected chi connectivity index (χ3v) is 4.91. The van der Waals surface area contributed by atoms with E-state index in [0.717, 1.165) is 18.9 Å². The molecule has 0 spiro atoms. The molecule has 1 aromatic carbocycles. The Morgan fingerprint density at radius 3 is 2.69 bits per heavy atom. The molecule has 1 unspecified atom stereocenters. The molecule has 0 bridgehead atoms. The molecule has 1 aromatic heterocycles. The number of urea groups is 1. The van der Waals surface area contributed by atoms with Crippen molar-refractivity contribution in [1.82, 2.24) is 14.9 Å². The highest BCUT2D eigenvalue weighted by molar-refractivity contribution is 6.29. The topological polar surface area (TPSA) is 76.0 Å². The maximum atomic E-state index is 14.0. The number of fused-ring (bicyclic) bond motifs is 1. The second kappa shape index (κ2) is 6.81. The number of aromatic nitrogens is 2. The first-order valence-corrected chi connectivity index (χ1v) is 9.10. The van der Waals surface area contributed by atoms with Crippen LogP contribution in [0.25, 0.3) is 0 Å². The van der Waals surface area contributed by atoms with Gasteiger partial charge in [-0.05, 0) is 24.5 Å². The van der Waals surface area contributed by atoms with E-state index in [1.165, 1.54) is 29.1 Å². The molecule has 1 fully saturated rings. The summed E-state index contributed by atoms with van der Waals surface area (Å²) in [6.07, 6.45) is -2.07. The van der Waals surface area contributed by atoms with E-state index in [1.54, 1.807) is 0 Å². The lowest BCUT2D eigenvalue weighted by Crippen LogP contribution is -2.59. The standard InChI is InChI=1S/C19H14ClF3N4O2/c20-15-8-16(28)27(10-24-15)9-12-3-4-13-14(7-12)25-17(29)26-18(13,19(21,22)23)6-5-11-1-2-11/h3-4,7-8,10-11H,1-2,9H2,(H2,25,26,29). The van der Waals surface area contributed by atoms with Crippen LogP contribution in [0.1, 0.15) is 24.0 Å². The minimum Gasteiger partial charge on any atom is -0.310 e. The van der Waals surface area contributed by atoms with Crippen molar-refractivity contribution in [2.45, 2.75) is 31.1 Å². The van der Waals surface area contributed by atoms with Gasteiger partial charge in [-0.15, -0.1) is 0 Å². The Balaban J connectivity index is 1.77. The fourth-order valence-electron chi connectivity index (χ4n) is 3.06. The van der Waals surface area contributed by atoms with Gasteiger partial charge in [0, 0.05) is 23.2 Å². The number of amides is 2. The van der Waals surface area contributed by atoms with Gasteiger partial charge in [-0.25, -0.2) is 9.78 Å². The van der Waals surface area contributed by atoms with Gasteiger partial charge in [0.05, 0.1) is 12.9 Å². The lowest BCUT2D eigenvalue weighted by Gasteiger charge is -2.37. The zero-order chi connectivity index (χ0) is 20.8. The van der Waals surface area contributed by atoms with Crippen molar-refractivity contribution in [3.63, 3.8) is 0 Å². The molecule has 6 nitrogen and oxygen atoms in total. The van der Waals surface area contributed by atoms with Crippen molar-refractivity contribution in [1.29, 1.82) is 0 Å². The number of nitrogens with one attached hydrogen (secondary N) is 2. The summed E-state index contributed by atoms with van der Waals surface area (Å²) in [7, 11) is 0. The maximum Gasteiger partial charge on any atom is 0.427 e. The smallest absolute Gasteiger partial charge is 0.310 e. The van der Waals surface area contributed by atoms with E-state index in [1.807, 2.05) is 5.32 Å². The molecule has 2 heterocycles. The molecule has 0 saturated heterocycles. The number of anilines is 1. The molecule has 4 rings (SSSR count). The Labute approximate surface area is 168 Å². The minimum atomic E-state index is -4.82. The molecule has 1 atom stereocenters. The Bertz CT molecular complexity index is 1110. The van der Waals surface area contributed by atoms with Gasteiger partial charge in [-0.2, -0.15) is 13.2 Å². The summed E-state index contributed by atoms with van der Waals surface area (Å²) in [6.45, 7) is 0.0480. The number of carbonyl (C=O) groups excluding carboxylic acids is 1. The molecule has 2 N–H and O–H groups in total. The summed E-state index contributed by atoms with van der Waals surface area (Å²) in [5.41, 5.74) is -2.90. The highest BCUT2D eigenvalue weighted by atomic mass is 35.5. The summed E-state index contributed by atoms with van der Waals surface area (Å²) in [6, 6.07) is 4.25. The Morgan fingerprint density at radius 2 is 2.03 bits per heavy atom. The highest BCUT2D eigenvalue weighted by Gasteiger charge is 2.59. The van der Waals surface area contributed by atoms with Crippen LogP contribution in [0.4, 0.5) is 23.7 Å². The fourth-order valence-corrected chi connectivity index (χ4v) is 3.20. The SMILES string of the molecule is O=C1Nc2cc(Cn3cnc(Cl)cc3=O)ccc2C(C#CC2CC2)(C(F)(F)F)N1. The number of hydrogen-bond acceptors (Lipinski definition) is 3. The molecule has 29 heavy (non-hydrogen) atoms. The summed E-state index contributed by atoms with van der Waals surface area (Å²) >= 11 is 5.66. The molecular formula is C19H14ClF3N4O2. The van der Waals surface area contributed by atoms with Crippen molar-refractivity contribution < 1.29 is 18.0 Å². The van der Waals surface area contributed by atoms with Gasteiger partial charge < -0.3 is 10.6 Å². The van der Waals surface area contributed by atoms with Gasteiger partial charge in [0.1, 0.15) is 5.15 Å². The molecule has 10 heteroatoms. The van der Waals surface area contributed by atoms with Crippen molar-refractivity contribution >= 4 is 23.3 Å². The van der Waals surface area contributed by atoms with Crippen molar-refractivity contribution in [3.8, 4) is 11.8 Å². The van der Waals surface area contributed by atoms with Crippen LogP contribution in [0.5, 0.6) is 0 Å². The predicted octanol–water partition coefficient (Wildman–Crippen LogP) is 3.25. The van der Waals surface area contributed by atoms with Gasteiger partial charge in [0.2, 0.25) is 5.54 Å². The largest absolute Gasteiger partial charge is 0.427 e. The lowest BCUT2D eigenvalue weighted by atomic mass is 9.85. The summed E-state index contributed by atoms with van der Waals surface area (Å²) < 4.78 is 43.4. The Hall–Kier alpha value is -2.99. The van der Waals surface area contributed by atoms with E-state index in [-0.39, 0.29) is 28.9 Å². The van der Waals surface area contributed by atoms with Gasteiger partial charge >= 0.3 is 12.2 Å². The predicted molar refractivity (Wildman–Crippen MR) is 99.4 cm³/mol. The Morgan fingerprint density at radius 1 is 1.28 bits per heavy atom. The van der Waals surface area contributed by atoms with E-state index >= 15 is 0 Å². The molecular weight excluding hydrogens is 409 g/mol. The average molecular weight is 423 g/mol. The number of hydrogen-bond donors (Lipinski definition) is 2. The van der Waals surface area contributed by atoms with Crippen LogP contribution in [-0.2, 0) is 12.1 Å². The van der Waals surface area contributed by atoms with E-state index in [9.17, 15) is 22.8 Å². The molecule has 2 aliphatic rings. The molecule has 1 saturated carbocycles. The zero-order valence-corrected chi connectivity index (χ0v) is 15.6. The first-order valence-electron chi connectivity index (χ1n) is 8.72. The molecule has 2 amide bonds. The monoisotopic (exact) mass is 422 g/mol. The van der Waals surface area contributed by atoms with Crippen LogP contribution in [0, 0.1) is 17.8 Å². The number of benzene rings is 1. The molecule has 2 aromatic rings. The number of alkyl halides is 3. The van der Waals surface area contributed by atoms with Gasteiger partial charge in [0.15, 0.2) is 0 Å². The quantitative estimate of drug-likeness (QED) is 0.576. The molecule has 1 aliphatic heterocycles. The third-order valence-electron chi connectivity index (χ3n) is 4.70. The van der Waals surface area contributed by atoms with Crippen LogP contribution in [0.2, 0.25) is 5.15 Å². The maximum absolute atomic E-state index is 14.0. The van der Waals surface area contributed by atoms with E-state index < -0.39 is 23.3 Å². The van der Waals surface area contributed by atoms with Crippen LogP contribution < -0.4 is 16.2 Å². The summed E-state index contributed by atoms with van der Waals surface area (Å²) in [5, 5.41) is 4.40. The fraction of sp³-hybridized carbons (Fsp3) is 0.316. The first-order chi connectivity index (χ1) is 13.7. The molecule has 1 aliphatic carbocycles. The second-order valence-electron chi connectivity index (χ2n) is 6.93. The lowest BCUT2D eigenvalue weighted by molar-refractivity contribution is -0.178. The third kappa shape index (κ3) is 3.68. The van der Waals surface area contributed by atoms with Gasteiger partial charge in [0.25, 0.3) is 5.56 Å². The van der Waals surface area contributed by atoms with E-state index in [0.29, 0.717) is 5.56 Å². The van der Waals surface area contributed by atoms with Gasteiger partial charge in [-0.3, -0.25) is 9.36 Å². The van der Waals surface area contributed by atoms with Crippen molar-refractivity contribution in [3.05, 3.63) is 57.2 Å². The van der Waals surface area contributed by atoms with Crippen molar-refractivity contribution in [2.75, 3.05) is 5.32 Å². The summed E-state index contributed by atoms with van der Waals surface area (Å²) in [4.78, 5) is 27.8. The molecule has 0 radical (unpaired) electrons. The highest BCUT2D eigenvalue weighted by Crippen LogP contribution is 2.44. The first kappa shape index (κ1) is 19.3. The number of carbonyl (C=O) groups is 1. The zero-order valence-electron chi connectivity index (χ0n) is 14.8. The van der Waals surface area contributed by atoms with Crippen LogP contribution in [0.15, 0.2) is 35.4 Å².